The van der Waals surface area contributed by atoms with Gasteiger partial charge in [-0.05, 0) is 32.9 Å². The molecule has 0 aromatic rings. The highest BCUT2D eigenvalue weighted by Crippen LogP contribution is 2.13. The average Bonchev–Trinajstić information content (AvgIpc) is 2.22. The molecule has 0 radical (unpaired) electrons. The molecule has 0 rings (SSSR count). The van der Waals surface area contributed by atoms with E-state index in [1.165, 1.54) is 6.42 Å². The minimum Gasteiger partial charge on any atom is -0.315 e. The molecule has 0 amide bonds. The standard InChI is InChI=1S/C13H30N2/c1-8-11(4)13(14-6)9-15(7)12(5)10(2)3/h10-14H,8-9H2,1-7H3. The van der Waals surface area contributed by atoms with Crippen molar-refractivity contribution in [3.05, 3.63) is 0 Å². The van der Waals surface area contributed by atoms with E-state index >= 15 is 0 Å². The summed E-state index contributed by atoms with van der Waals surface area (Å²) in [5.74, 6) is 1.47. The van der Waals surface area contributed by atoms with Crippen molar-refractivity contribution in [3.63, 3.8) is 0 Å². The van der Waals surface area contributed by atoms with Gasteiger partial charge in [-0.25, -0.2) is 0 Å². The first-order valence-electron chi connectivity index (χ1n) is 6.31. The normalized spacial score (nSPS) is 18.2. The molecule has 0 fully saturated rings. The molecule has 0 aliphatic heterocycles. The highest BCUT2D eigenvalue weighted by Gasteiger charge is 2.19. The Morgan fingerprint density at radius 3 is 2.00 bits per heavy atom. The van der Waals surface area contributed by atoms with Crippen LogP contribution in [0.4, 0.5) is 0 Å². The summed E-state index contributed by atoms with van der Waals surface area (Å²) in [6.45, 7) is 12.6. The van der Waals surface area contributed by atoms with Crippen molar-refractivity contribution in [3.8, 4) is 0 Å². The number of nitrogens with zero attached hydrogens (tertiary/aromatic N) is 1. The van der Waals surface area contributed by atoms with Gasteiger partial charge in [-0.3, -0.25) is 0 Å². The lowest BCUT2D eigenvalue weighted by atomic mass is 9.97. The van der Waals surface area contributed by atoms with E-state index in [9.17, 15) is 0 Å². The van der Waals surface area contributed by atoms with E-state index in [0.29, 0.717) is 12.1 Å². The van der Waals surface area contributed by atoms with Gasteiger partial charge in [0, 0.05) is 18.6 Å². The third-order valence-corrected chi connectivity index (χ3v) is 3.85. The van der Waals surface area contributed by atoms with Crippen molar-refractivity contribution in [1.82, 2.24) is 10.2 Å². The minimum atomic E-state index is 0.612. The molecule has 0 aliphatic rings. The van der Waals surface area contributed by atoms with Crippen LogP contribution in [0, 0.1) is 11.8 Å². The SMILES string of the molecule is CCC(C)C(CN(C)C(C)C(C)C)NC. The lowest BCUT2D eigenvalue weighted by Crippen LogP contribution is -2.46. The smallest absolute Gasteiger partial charge is 0.0217 e. The van der Waals surface area contributed by atoms with Crippen LogP contribution < -0.4 is 5.32 Å². The second-order valence-corrected chi connectivity index (χ2v) is 5.20. The average molecular weight is 214 g/mol. The van der Waals surface area contributed by atoms with E-state index in [-0.39, 0.29) is 0 Å². The van der Waals surface area contributed by atoms with Crippen LogP contribution in [0.1, 0.15) is 41.0 Å². The number of rotatable bonds is 7. The molecule has 0 saturated heterocycles. The molecule has 2 heteroatoms. The zero-order valence-corrected chi connectivity index (χ0v) is 11.7. The molecule has 0 spiro atoms. The quantitative estimate of drug-likeness (QED) is 0.701. The van der Waals surface area contributed by atoms with Crippen molar-refractivity contribution in [2.75, 3.05) is 20.6 Å². The molecule has 1 N–H and O–H groups in total. The molecule has 3 atom stereocenters. The Labute approximate surface area is 96.4 Å². The first-order chi connectivity index (χ1) is 6.93. The monoisotopic (exact) mass is 214 g/mol. The summed E-state index contributed by atoms with van der Waals surface area (Å²) in [6.07, 6.45) is 1.25. The zero-order chi connectivity index (χ0) is 12.0. The van der Waals surface area contributed by atoms with Gasteiger partial charge in [0.2, 0.25) is 0 Å². The highest BCUT2D eigenvalue weighted by molar-refractivity contribution is 4.77. The Morgan fingerprint density at radius 2 is 1.67 bits per heavy atom. The summed E-state index contributed by atoms with van der Waals surface area (Å²) in [6, 6.07) is 1.27. The van der Waals surface area contributed by atoms with Crippen LogP contribution in [-0.4, -0.2) is 37.6 Å². The van der Waals surface area contributed by atoms with Crippen molar-refractivity contribution in [2.45, 2.75) is 53.1 Å². The van der Waals surface area contributed by atoms with Crippen molar-refractivity contribution < 1.29 is 0 Å². The Morgan fingerprint density at radius 1 is 1.13 bits per heavy atom. The van der Waals surface area contributed by atoms with E-state index in [2.05, 4.69) is 58.9 Å². The van der Waals surface area contributed by atoms with Gasteiger partial charge in [0.05, 0.1) is 0 Å². The maximum atomic E-state index is 3.44. The molecular formula is C13H30N2. The summed E-state index contributed by atoms with van der Waals surface area (Å²) in [5, 5.41) is 3.44. The van der Waals surface area contributed by atoms with Gasteiger partial charge < -0.3 is 10.2 Å². The molecular weight excluding hydrogens is 184 g/mol. The largest absolute Gasteiger partial charge is 0.315 e. The number of hydrogen-bond donors (Lipinski definition) is 1. The van der Waals surface area contributed by atoms with Gasteiger partial charge in [-0.15, -0.1) is 0 Å². The van der Waals surface area contributed by atoms with Crippen LogP contribution in [0.2, 0.25) is 0 Å². The fourth-order valence-electron chi connectivity index (χ4n) is 1.83. The number of nitrogens with one attached hydrogen (secondary N) is 1. The fraction of sp³-hybridized carbons (Fsp3) is 1.00. The van der Waals surface area contributed by atoms with Crippen molar-refractivity contribution >= 4 is 0 Å². The summed E-state index contributed by atoms with van der Waals surface area (Å²) in [5.41, 5.74) is 0. The molecule has 0 aliphatic carbocycles. The maximum Gasteiger partial charge on any atom is 0.0217 e. The van der Waals surface area contributed by atoms with Crippen LogP contribution in [0.15, 0.2) is 0 Å². The van der Waals surface area contributed by atoms with Crippen LogP contribution >= 0.6 is 0 Å². The van der Waals surface area contributed by atoms with Crippen LogP contribution in [0.25, 0.3) is 0 Å². The summed E-state index contributed by atoms with van der Waals surface area (Å²) >= 11 is 0. The first-order valence-corrected chi connectivity index (χ1v) is 6.31. The zero-order valence-electron chi connectivity index (χ0n) is 11.7. The van der Waals surface area contributed by atoms with Gasteiger partial charge in [-0.1, -0.05) is 34.1 Å². The summed E-state index contributed by atoms with van der Waals surface area (Å²) < 4.78 is 0. The van der Waals surface area contributed by atoms with Gasteiger partial charge >= 0.3 is 0 Å². The molecule has 3 unspecified atom stereocenters. The highest BCUT2D eigenvalue weighted by atomic mass is 15.1. The predicted molar refractivity (Wildman–Crippen MR) is 69.2 cm³/mol. The number of likely N-dealkylation sites (N-methyl/N-ethyl adjacent to an activating group) is 2. The van der Waals surface area contributed by atoms with E-state index in [1.807, 2.05) is 0 Å². The Bertz CT molecular complexity index is 157. The van der Waals surface area contributed by atoms with Crippen molar-refractivity contribution in [1.29, 1.82) is 0 Å². The van der Waals surface area contributed by atoms with Crippen molar-refractivity contribution in [2.24, 2.45) is 11.8 Å². The third-order valence-electron chi connectivity index (χ3n) is 3.85. The Hall–Kier alpha value is -0.0800. The van der Waals surface area contributed by atoms with Gasteiger partial charge in [0.15, 0.2) is 0 Å². The molecule has 0 bridgehead atoms. The number of hydrogen-bond acceptors (Lipinski definition) is 2. The van der Waals surface area contributed by atoms with Crippen LogP contribution in [0.3, 0.4) is 0 Å². The first kappa shape index (κ1) is 14.9. The molecule has 0 aromatic carbocycles. The molecule has 2 nitrogen and oxygen atoms in total. The van der Waals surface area contributed by atoms with Gasteiger partial charge in [-0.2, -0.15) is 0 Å². The van der Waals surface area contributed by atoms with Crippen LogP contribution in [-0.2, 0) is 0 Å². The predicted octanol–water partition coefficient (Wildman–Crippen LogP) is 2.60. The molecule has 92 valence electrons. The molecule has 0 heterocycles. The molecule has 15 heavy (non-hydrogen) atoms. The second-order valence-electron chi connectivity index (χ2n) is 5.20. The second kappa shape index (κ2) is 7.24. The van der Waals surface area contributed by atoms with Gasteiger partial charge in [0.25, 0.3) is 0 Å². The van der Waals surface area contributed by atoms with E-state index in [4.69, 9.17) is 0 Å². The Kier molecular flexibility index (Phi) is 7.20. The summed E-state index contributed by atoms with van der Waals surface area (Å²) in [4.78, 5) is 2.47. The lowest BCUT2D eigenvalue weighted by molar-refractivity contribution is 0.172. The van der Waals surface area contributed by atoms with Crippen LogP contribution in [0.5, 0.6) is 0 Å². The Balaban J connectivity index is 4.17. The topological polar surface area (TPSA) is 15.3 Å². The summed E-state index contributed by atoms with van der Waals surface area (Å²) in [7, 11) is 4.31. The van der Waals surface area contributed by atoms with Gasteiger partial charge in [0.1, 0.15) is 0 Å². The molecule has 0 aromatic heterocycles. The van der Waals surface area contributed by atoms with E-state index < -0.39 is 0 Å². The fourth-order valence-corrected chi connectivity index (χ4v) is 1.83. The maximum absolute atomic E-state index is 3.44. The minimum absolute atomic E-state index is 0.612. The lowest BCUT2D eigenvalue weighted by Gasteiger charge is -2.33. The molecule has 0 saturated carbocycles. The third kappa shape index (κ3) is 4.98. The van der Waals surface area contributed by atoms with E-state index in [0.717, 1.165) is 18.4 Å². The van der Waals surface area contributed by atoms with E-state index in [1.54, 1.807) is 0 Å².